The first-order valence-corrected chi connectivity index (χ1v) is 35.3. The molecule has 16 heteroatoms. The van der Waals surface area contributed by atoms with Gasteiger partial charge in [-0.25, -0.2) is 0 Å². The van der Waals surface area contributed by atoms with Gasteiger partial charge in [0.1, 0.15) is 26.4 Å². The van der Waals surface area contributed by atoms with Crippen molar-refractivity contribution in [2.45, 2.75) is 184 Å². The van der Waals surface area contributed by atoms with Gasteiger partial charge in [-0.15, -0.1) is 0 Å². The number of carbonyl (C=O) groups is 7. The molecule has 0 N–H and O–H groups in total. The molecule has 15 nitrogen and oxygen atoms in total. The highest BCUT2D eigenvalue weighted by atomic mass is 32.2. The van der Waals surface area contributed by atoms with E-state index in [1.807, 2.05) is 144 Å². The molecular weight excluding hydrogens is 1220 g/mol. The Morgan fingerprint density at radius 3 is 0.916 bits per heavy atom. The lowest BCUT2D eigenvalue weighted by Gasteiger charge is -2.23. The highest BCUT2D eigenvalue weighted by Crippen LogP contribution is 2.20. The molecule has 0 aliphatic carbocycles. The van der Waals surface area contributed by atoms with Crippen LogP contribution in [0.5, 0.6) is 0 Å². The maximum Gasteiger partial charge on any atom is 0.308 e. The summed E-state index contributed by atoms with van der Waals surface area (Å²) in [6.07, 6.45) is 7.51. The van der Waals surface area contributed by atoms with Crippen LogP contribution < -0.4 is 0 Å². The number of thioether (sulfide) groups is 1. The minimum atomic E-state index is -1.08. The van der Waals surface area contributed by atoms with Crippen molar-refractivity contribution in [1.29, 1.82) is 0 Å². The van der Waals surface area contributed by atoms with Crippen molar-refractivity contribution < 1.29 is 62.0 Å². The SMILES string of the molecule is CCCCc1ccc(C)cc1.Cc1ccc(CCC(C)C(=O)OCC(COC(=O)C(C)CCc2ccc(C)cc2)OC(=O)CCCN(CCCC(=O)OC(COC(=O)C(C)CCc2ccc(C)cc2)COC(=O)C(C)CCc2ccc(C)cc2)C(=O)SCCCN(C)C)cc1. The molecule has 95 heavy (non-hydrogen) atoms. The van der Waals surface area contributed by atoms with E-state index in [0.717, 1.165) is 69.2 Å². The van der Waals surface area contributed by atoms with Crippen LogP contribution in [0.3, 0.4) is 0 Å². The standard InChI is InChI=1S/C68H94N2O13S.C11H16/c1-48-16-28-56(29-17-48)36-24-52(5)64(73)78-44-60(45-79-65(74)53(6)25-37-57-30-18-49(2)19-31-57)82-62(71)14-11-41-70(68(77)84-43-13-40-69(9)10)42-12-15-63(72)83-61(46-80-66(75)54(7)26-38-58-32-20-50(3)21-33-58)47-81-67(76)55(8)27-39-59-34-22-51(4)23-35-59;1-3-4-5-11-8-6-10(2)7-9-11/h16-23,28-35,52-55,60-61H,11-15,24-27,36-47H2,1-10H3;6-9H,3-5H2,1-2H3. The van der Waals surface area contributed by atoms with Gasteiger partial charge in [0.2, 0.25) is 0 Å². The summed E-state index contributed by atoms with van der Waals surface area (Å²) in [4.78, 5) is 97.3. The largest absolute Gasteiger partial charge is 0.461 e. The summed E-state index contributed by atoms with van der Waals surface area (Å²) in [5, 5.41) is -0.218. The number of hydrogen-bond donors (Lipinski definition) is 0. The molecule has 0 saturated heterocycles. The molecule has 4 unspecified atom stereocenters. The Morgan fingerprint density at radius 1 is 0.379 bits per heavy atom. The molecule has 0 heterocycles. The number of benzene rings is 5. The number of amides is 1. The van der Waals surface area contributed by atoms with Gasteiger partial charge >= 0.3 is 35.8 Å². The summed E-state index contributed by atoms with van der Waals surface area (Å²) in [6, 6.07) is 41.3. The minimum absolute atomic E-state index is 0.107. The molecular formula is C79H110N2O13S. The van der Waals surface area contributed by atoms with Gasteiger partial charge in [-0.05, 0) is 167 Å². The van der Waals surface area contributed by atoms with E-state index in [9.17, 15) is 33.6 Å². The molecule has 520 valence electrons. The fourth-order valence-electron chi connectivity index (χ4n) is 9.90. The number of carbonyl (C=O) groups excluding carboxylic acids is 7. The molecule has 0 saturated carbocycles. The fourth-order valence-corrected chi connectivity index (χ4v) is 10.7. The first-order valence-electron chi connectivity index (χ1n) is 34.4. The number of nitrogens with zero attached hydrogens (tertiary/aromatic N) is 2. The van der Waals surface area contributed by atoms with Gasteiger partial charge in [0.25, 0.3) is 5.24 Å². The highest BCUT2D eigenvalue weighted by Gasteiger charge is 2.27. The Morgan fingerprint density at radius 2 is 0.653 bits per heavy atom. The molecule has 0 spiro atoms. The summed E-state index contributed by atoms with van der Waals surface area (Å²) in [7, 11) is 3.92. The number of rotatable bonds is 41. The Labute approximate surface area is 572 Å². The van der Waals surface area contributed by atoms with E-state index in [4.69, 9.17) is 28.4 Å². The molecule has 0 fully saturated rings. The van der Waals surface area contributed by atoms with Crippen molar-refractivity contribution in [3.8, 4) is 0 Å². The lowest BCUT2D eigenvalue weighted by Crippen LogP contribution is -2.34. The van der Waals surface area contributed by atoms with Crippen LogP contribution in [-0.2, 0) is 89.3 Å². The normalized spacial score (nSPS) is 13.0. The average molecular weight is 1330 g/mol. The molecule has 4 atom stereocenters. The van der Waals surface area contributed by atoms with Gasteiger partial charge in [0.15, 0.2) is 12.2 Å². The third-order valence-electron chi connectivity index (χ3n) is 16.6. The van der Waals surface area contributed by atoms with Gasteiger partial charge in [-0.2, -0.15) is 0 Å². The topological polar surface area (TPSA) is 181 Å². The summed E-state index contributed by atoms with van der Waals surface area (Å²) < 4.78 is 34.3. The van der Waals surface area contributed by atoms with Gasteiger partial charge in [0.05, 0.1) is 23.7 Å². The van der Waals surface area contributed by atoms with E-state index in [1.165, 1.54) is 30.4 Å². The zero-order chi connectivity index (χ0) is 69.5. The maximum absolute atomic E-state index is 13.7. The Hall–Kier alpha value is -7.30. The number of esters is 6. The van der Waals surface area contributed by atoms with E-state index in [0.29, 0.717) is 57.1 Å². The Bertz CT molecular complexity index is 2730. The average Bonchev–Trinajstić information content (AvgIpc) is 1.92. The summed E-state index contributed by atoms with van der Waals surface area (Å²) in [5.41, 5.74) is 11.8. The van der Waals surface area contributed by atoms with Crippen molar-refractivity contribution in [2.24, 2.45) is 23.7 Å². The molecule has 0 aromatic heterocycles. The summed E-state index contributed by atoms with van der Waals surface area (Å²) in [6.45, 7) is 19.4. The zero-order valence-electron chi connectivity index (χ0n) is 59.1. The minimum Gasteiger partial charge on any atom is -0.461 e. The van der Waals surface area contributed by atoms with Crippen molar-refractivity contribution >= 4 is 52.8 Å². The van der Waals surface area contributed by atoms with Crippen LogP contribution in [0.4, 0.5) is 4.79 Å². The first kappa shape index (κ1) is 80.1. The third kappa shape index (κ3) is 34.8. The summed E-state index contributed by atoms with van der Waals surface area (Å²) in [5.74, 6) is -4.35. The van der Waals surface area contributed by atoms with Crippen LogP contribution in [0.15, 0.2) is 121 Å². The molecule has 5 aromatic carbocycles. The summed E-state index contributed by atoms with van der Waals surface area (Å²) >= 11 is 1.16. The Balaban J connectivity index is 0.00000158. The van der Waals surface area contributed by atoms with Crippen LogP contribution >= 0.6 is 11.8 Å². The smallest absolute Gasteiger partial charge is 0.308 e. The second-order valence-corrected chi connectivity index (χ2v) is 27.0. The number of aryl methyl sites for hydroxylation is 10. The third-order valence-corrected chi connectivity index (χ3v) is 17.6. The Kier molecular flexibility index (Phi) is 38.1. The van der Waals surface area contributed by atoms with E-state index in [1.54, 1.807) is 32.6 Å². The quantitative estimate of drug-likeness (QED) is 0.0205. The first-order chi connectivity index (χ1) is 45.5. The van der Waals surface area contributed by atoms with E-state index in [-0.39, 0.29) is 70.4 Å². The van der Waals surface area contributed by atoms with Gasteiger partial charge in [-0.3, -0.25) is 33.6 Å². The van der Waals surface area contributed by atoms with Gasteiger partial charge in [-0.1, -0.05) is 202 Å². The van der Waals surface area contributed by atoms with Crippen LogP contribution in [0.25, 0.3) is 0 Å². The van der Waals surface area contributed by atoms with Crippen molar-refractivity contribution in [2.75, 3.05) is 65.9 Å². The van der Waals surface area contributed by atoms with E-state index < -0.39 is 71.7 Å². The van der Waals surface area contributed by atoms with Crippen molar-refractivity contribution in [3.05, 3.63) is 177 Å². The number of ether oxygens (including phenoxy) is 6. The van der Waals surface area contributed by atoms with Crippen molar-refractivity contribution in [1.82, 2.24) is 9.80 Å². The molecule has 0 radical (unpaired) electrons. The molecule has 1 amide bonds. The number of hydrogen-bond acceptors (Lipinski definition) is 15. The fraction of sp³-hybridized carbons (Fsp3) is 0.532. The zero-order valence-corrected chi connectivity index (χ0v) is 59.9. The van der Waals surface area contributed by atoms with Crippen LogP contribution in [0, 0.1) is 58.3 Å². The molecule has 0 aliphatic heterocycles. The second-order valence-electron chi connectivity index (χ2n) is 26.0. The molecule has 5 aromatic rings. The van der Waals surface area contributed by atoms with Gasteiger partial charge in [0, 0.05) is 31.7 Å². The van der Waals surface area contributed by atoms with Crippen LogP contribution in [0.1, 0.15) is 161 Å². The predicted octanol–water partition coefficient (Wildman–Crippen LogP) is 15.3. The van der Waals surface area contributed by atoms with Crippen molar-refractivity contribution in [3.63, 3.8) is 0 Å². The lowest BCUT2D eigenvalue weighted by molar-refractivity contribution is -0.169. The number of unbranched alkanes of at least 4 members (excludes halogenated alkanes) is 1. The second kappa shape index (κ2) is 45.2. The highest BCUT2D eigenvalue weighted by molar-refractivity contribution is 8.13. The molecule has 0 aliphatic rings. The van der Waals surface area contributed by atoms with Crippen LogP contribution in [0.2, 0.25) is 0 Å². The monoisotopic (exact) mass is 1330 g/mol. The molecule has 5 rings (SSSR count). The molecule has 0 bridgehead atoms. The predicted molar refractivity (Wildman–Crippen MR) is 379 cm³/mol. The lowest BCUT2D eigenvalue weighted by atomic mass is 10.0. The maximum atomic E-state index is 13.7. The van der Waals surface area contributed by atoms with Gasteiger partial charge < -0.3 is 38.2 Å². The van der Waals surface area contributed by atoms with Crippen LogP contribution in [-0.4, -0.2) is 129 Å². The van der Waals surface area contributed by atoms with E-state index >= 15 is 0 Å². The van der Waals surface area contributed by atoms with E-state index in [2.05, 4.69) is 38.1 Å².